The number of benzene rings is 1. The van der Waals surface area contributed by atoms with Crippen molar-refractivity contribution in [2.75, 3.05) is 24.4 Å². The number of rotatable bonds is 6. The van der Waals surface area contributed by atoms with Crippen molar-refractivity contribution in [1.82, 2.24) is 5.01 Å². The Balaban J connectivity index is 2.96. The number of carboxylic acid groups (broad SMARTS) is 1. The molecular weight excluding hydrogens is 264 g/mol. The minimum Gasteiger partial charge on any atom is -0.480 e. The Hall–Kier alpha value is -1.69. The summed E-state index contributed by atoms with van der Waals surface area (Å²) >= 11 is 4.08. The molecule has 5 nitrogen and oxygen atoms in total. The smallest absolute Gasteiger partial charge is 0.325 e. The molecule has 0 unspecified atom stereocenters. The molecule has 104 valence electrons. The van der Waals surface area contributed by atoms with Crippen LogP contribution >= 0.6 is 12.6 Å². The van der Waals surface area contributed by atoms with E-state index in [-0.39, 0.29) is 18.4 Å². The standard InChI is InChI=1S/C13H18N2O3S/c1-10(9-19)13(18)15(8-12(16)17)14(2)11-6-4-3-5-7-11/h3-7,10,19H,8-9H2,1-2H3,(H,16,17)/t10-/m1/s1. The fraction of sp³-hybridized carbons (Fsp3) is 0.385. The van der Waals surface area contributed by atoms with Crippen LogP contribution in [0.5, 0.6) is 0 Å². The molecule has 0 saturated heterocycles. The Kier molecular flexibility index (Phi) is 5.69. The van der Waals surface area contributed by atoms with E-state index in [1.54, 1.807) is 19.0 Å². The maximum absolute atomic E-state index is 12.2. The number of nitrogens with zero attached hydrogens (tertiary/aromatic N) is 2. The lowest BCUT2D eigenvalue weighted by Crippen LogP contribution is -2.49. The zero-order valence-electron chi connectivity index (χ0n) is 11.0. The molecular formula is C13H18N2O3S. The lowest BCUT2D eigenvalue weighted by molar-refractivity contribution is -0.146. The normalized spacial score (nSPS) is 11.7. The SMILES string of the molecule is C[C@H](CS)C(=O)N(CC(=O)O)N(C)c1ccccc1. The second-order valence-electron chi connectivity index (χ2n) is 4.23. The van der Waals surface area contributed by atoms with Gasteiger partial charge in [0.2, 0.25) is 5.91 Å². The third kappa shape index (κ3) is 4.17. The lowest BCUT2D eigenvalue weighted by Gasteiger charge is -2.33. The van der Waals surface area contributed by atoms with Gasteiger partial charge in [-0.1, -0.05) is 25.1 Å². The summed E-state index contributed by atoms with van der Waals surface area (Å²) in [5, 5.41) is 11.7. The molecule has 0 aliphatic carbocycles. The molecule has 6 heteroatoms. The number of carboxylic acids is 1. The fourth-order valence-corrected chi connectivity index (χ4v) is 1.73. The van der Waals surface area contributed by atoms with Crippen molar-refractivity contribution in [3.05, 3.63) is 30.3 Å². The molecule has 0 aromatic heterocycles. The van der Waals surface area contributed by atoms with Gasteiger partial charge in [0.15, 0.2) is 0 Å². The van der Waals surface area contributed by atoms with Gasteiger partial charge in [-0.25, -0.2) is 5.01 Å². The van der Waals surface area contributed by atoms with Crippen molar-refractivity contribution in [3.8, 4) is 0 Å². The average Bonchev–Trinajstić information content (AvgIpc) is 2.43. The summed E-state index contributed by atoms with van der Waals surface area (Å²) in [5.74, 6) is -1.28. The molecule has 0 saturated carbocycles. The van der Waals surface area contributed by atoms with Crippen LogP contribution in [0, 0.1) is 5.92 Å². The highest BCUT2D eigenvalue weighted by atomic mass is 32.1. The van der Waals surface area contributed by atoms with Crippen molar-refractivity contribution in [3.63, 3.8) is 0 Å². The molecule has 0 aliphatic heterocycles. The third-order valence-electron chi connectivity index (χ3n) is 2.73. The number of carbonyl (C=O) groups excluding carboxylic acids is 1. The molecule has 1 atom stereocenters. The van der Waals surface area contributed by atoms with Crippen LogP contribution in [0.4, 0.5) is 5.69 Å². The van der Waals surface area contributed by atoms with Gasteiger partial charge in [-0.05, 0) is 12.1 Å². The quantitative estimate of drug-likeness (QED) is 0.613. The second-order valence-corrected chi connectivity index (χ2v) is 4.60. The summed E-state index contributed by atoms with van der Waals surface area (Å²) in [7, 11) is 1.67. The Labute approximate surface area is 118 Å². The first-order valence-electron chi connectivity index (χ1n) is 5.90. The zero-order chi connectivity index (χ0) is 14.4. The van der Waals surface area contributed by atoms with Crippen molar-refractivity contribution >= 4 is 30.2 Å². The van der Waals surface area contributed by atoms with Gasteiger partial charge in [-0.3, -0.25) is 14.6 Å². The molecule has 19 heavy (non-hydrogen) atoms. The van der Waals surface area contributed by atoms with Crippen LogP contribution in [0.25, 0.3) is 0 Å². The molecule has 1 rings (SSSR count). The minimum absolute atomic E-state index is 0.260. The highest BCUT2D eigenvalue weighted by Crippen LogP contribution is 2.16. The van der Waals surface area contributed by atoms with Crippen molar-refractivity contribution < 1.29 is 14.7 Å². The highest BCUT2D eigenvalue weighted by Gasteiger charge is 2.25. The summed E-state index contributed by atoms with van der Waals surface area (Å²) in [6, 6.07) is 9.15. The topological polar surface area (TPSA) is 60.9 Å². The monoisotopic (exact) mass is 282 g/mol. The van der Waals surface area contributed by atoms with Gasteiger partial charge in [-0.2, -0.15) is 12.6 Å². The number of hydrogen-bond acceptors (Lipinski definition) is 4. The van der Waals surface area contributed by atoms with Crippen LogP contribution in [0.2, 0.25) is 0 Å². The molecule has 1 amide bonds. The molecule has 0 heterocycles. The Morgan fingerprint density at radius 3 is 2.37 bits per heavy atom. The Morgan fingerprint density at radius 2 is 1.89 bits per heavy atom. The van der Waals surface area contributed by atoms with E-state index in [1.807, 2.05) is 30.3 Å². The van der Waals surface area contributed by atoms with Gasteiger partial charge in [-0.15, -0.1) is 0 Å². The first kappa shape index (κ1) is 15.4. The molecule has 1 aromatic rings. The van der Waals surface area contributed by atoms with Gasteiger partial charge in [0.25, 0.3) is 0 Å². The summed E-state index contributed by atoms with van der Waals surface area (Å²) in [5.41, 5.74) is 0.753. The Bertz CT molecular complexity index is 439. The van der Waals surface area contributed by atoms with E-state index in [0.717, 1.165) is 5.69 Å². The number of aliphatic carboxylic acids is 1. The number of hydrazine groups is 1. The van der Waals surface area contributed by atoms with E-state index in [9.17, 15) is 9.59 Å². The molecule has 0 spiro atoms. The van der Waals surface area contributed by atoms with Crippen LogP contribution < -0.4 is 5.01 Å². The van der Waals surface area contributed by atoms with Crippen molar-refractivity contribution in [2.24, 2.45) is 5.92 Å². The van der Waals surface area contributed by atoms with Crippen LogP contribution in [0.1, 0.15) is 6.92 Å². The lowest BCUT2D eigenvalue weighted by atomic mass is 10.2. The molecule has 0 bridgehead atoms. The predicted molar refractivity (Wildman–Crippen MR) is 77.2 cm³/mol. The maximum atomic E-state index is 12.2. The average molecular weight is 282 g/mol. The highest BCUT2D eigenvalue weighted by molar-refractivity contribution is 7.80. The van der Waals surface area contributed by atoms with E-state index < -0.39 is 5.97 Å². The Morgan fingerprint density at radius 1 is 1.32 bits per heavy atom. The fourth-order valence-electron chi connectivity index (χ4n) is 1.58. The summed E-state index contributed by atoms with van der Waals surface area (Å²) in [4.78, 5) is 23.1. The van der Waals surface area contributed by atoms with Crippen molar-refractivity contribution in [1.29, 1.82) is 0 Å². The predicted octanol–water partition coefficient (Wildman–Crippen LogP) is 1.52. The maximum Gasteiger partial charge on any atom is 0.325 e. The van der Waals surface area contributed by atoms with E-state index in [0.29, 0.717) is 5.75 Å². The molecule has 0 radical (unpaired) electrons. The largest absolute Gasteiger partial charge is 0.480 e. The van der Waals surface area contributed by atoms with E-state index in [2.05, 4.69) is 12.6 Å². The van der Waals surface area contributed by atoms with E-state index in [4.69, 9.17) is 5.11 Å². The summed E-state index contributed by atoms with van der Waals surface area (Å²) < 4.78 is 0. The first-order valence-corrected chi connectivity index (χ1v) is 6.53. The van der Waals surface area contributed by atoms with Crippen molar-refractivity contribution in [2.45, 2.75) is 6.92 Å². The molecule has 1 N–H and O–H groups in total. The van der Waals surface area contributed by atoms with Gasteiger partial charge >= 0.3 is 5.97 Å². The third-order valence-corrected chi connectivity index (χ3v) is 3.27. The van der Waals surface area contributed by atoms with Gasteiger partial charge in [0.1, 0.15) is 6.54 Å². The number of carbonyl (C=O) groups is 2. The van der Waals surface area contributed by atoms with E-state index in [1.165, 1.54) is 5.01 Å². The zero-order valence-corrected chi connectivity index (χ0v) is 11.9. The number of thiol groups is 1. The van der Waals surface area contributed by atoms with Gasteiger partial charge < -0.3 is 5.11 Å². The summed E-state index contributed by atoms with van der Waals surface area (Å²) in [6.45, 7) is 1.35. The second kappa shape index (κ2) is 7.04. The van der Waals surface area contributed by atoms with E-state index >= 15 is 0 Å². The number of anilines is 1. The molecule has 0 aliphatic rings. The van der Waals surface area contributed by atoms with Crippen LogP contribution in [-0.2, 0) is 9.59 Å². The molecule has 1 aromatic carbocycles. The number of amides is 1. The van der Waals surface area contributed by atoms with Gasteiger partial charge in [0, 0.05) is 18.7 Å². The van der Waals surface area contributed by atoms with Crippen LogP contribution in [0.3, 0.4) is 0 Å². The first-order chi connectivity index (χ1) is 8.97. The molecule has 0 fully saturated rings. The van der Waals surface area contributed by atoms with Crippen LogP contribution in [0.15, 0.2) is 30.3 Å². The summed E-state index contributed by atoms with van der Waals surface area (Å²) in [6.07, 6.45) is 0. The number of hydrogen-bond donors (Lipinski definition) is 2. The van der Waals surface area contributed by atoms with Crippen LogP contribution in [-0.4, -0.2) is 41.3 Å². The number of para-hydroxylation sites is 1. The van der Waals surface area contributed by atoms with Gasteiger partial charge in [0.05, 0.1) is 5.69 Å². The minimum atomic E-state index is -1.05.